The fourth-order valence-corrected chi connectivity index (χ4v) is 0.968. The van der Waals surface area contributed by atoms with Crippen LogP contribution in [0.25, 0.3) is 6.08 Å². The molecule has 0 bridgehead atoms. The lowest BCUT2D eigenvalue weighted by Gasteiger charge is -2.02. The zero-order valence-corrected chi connectivity index (χ0v) is 8.22. The van der Waals surface area contributed by atoms with Crippen molar-refractivity contribution >= 4 is 6.08 Å². The second-order valence-electron chi connectivity index (χ2n) is 3.11. The van der Waals surface area contributed by atoms with Crippen LogP contribution in [0.3, 0.4) is 0 Å². The van der Waals surface area contributed by atoms with Crippen molar-refractivity contribution in [2.24, 2.45) is 0 Å². The minimum atomic E-state index is -0.816. The van der Waals surface area contributed by atoms with Gasteiger partial charge in [0, 0.05) is 6.04 Å². The predicted octanol–water partition coefficient (Wildman–Crippen LogP) is 2.59. The number of rotatable bonds is 3. The molecule has 14 heavy (non-hydrogen) atoms. The average Bonchev–Trinajstić information content (AvgIpc) is 2.19. The van der Waals surface area contributed by atoms with Crippen LogP contribution in [0.2, 0.25) is 0 Å². The molecule has 0 fully saturated rings. The van der Waals surface area contributed by atoms with Crippen molar-refractivity contribution in [2.45, 2.75) is 13.0 Å². The first kappa shape index (κ1) is 10.9. The van der Waals surface area contributed by atoms with Crippen molar-refractivity contribution in [1.29, 1.82) is 0 Å². The molecule has 1 nitrogen and oxygen atoms in total. The van der Waals surface area contributed by atoms with Crippen LogP contribution in [0, 0.1) is 11.6 Å². The largest absolute Gasteiger partial charge is 0.314 e. The second kappa shape index (κ2) is 4.86. The van der Waals surface area contributed by atoms with E-state index in [0.29, 0.717) is 5.56 Å². The summed E-state index contributed by atoms with van der Waals surface area (Å²) in [7, 11) is 1.83. The molecule has 1 aromatic rings. The maximum Gasteiger partial charge on any atom is 0.159 e. The Balaban J connectivity index is 2.77. The van der Waals surface area contributed by atoms with E-state index in [0.717, 1.165) is 6.07 Å². The van der Waals surface area contributed by atoms with Crippen LogP contribution in [-0.2, 0) is 0 Å². The Bertz CT molecular complexity index is 334. The van der Waals surface area contributed by atoms with Gasteiger partial charge in [-0.1, -0.05) is 18.2 Å². The fourth-order valence-electron chi connectivity index (χ4n) is 0.968. The van der Waals surface area contributed by atoms with Gasteiger partial charge in [-0.3, -0.25) is 0 Å². The van der Waals surface area contributed by atoms with Crippen LogP contribution < -0.4 is 5.32 Å². The van der Waals surface area contributed by atoms with Crippen LogP contribution in [-0.4, -0.2) is 13.1 Å². The minimum absolute atomic E-state index is 0.211. The highest BCUT2D eigenvalue weighted by atomic mass is 19.2. The van der Waals surface area contributed by atoms with Crippen molar-refractivity contribution in [3.8, 4) is 0 Å². The summed E-state index contributed by atoms with van der Waals surface area (Å²) in [5.41, 5.74) is 0.658. The van der Waals surface area contributed by atoms with Gasteiger partial charge in [0.2, 0.25) is 0 Å². The van der Waals surface area contributed by atoms with Gasteiger partial charge in [-0.25, -0.2) is 8.78 Å². The van der Waals surface area contributed by atoms with E-state index in [1.165, 1.54) is 12.1 Å². The van der Waals surface area contributed by atoms with Crippen LogP contribution in [0.4, 0.5) is 8.78 Å². The van der Waals surface area contributed by atoms with Crippen molar-refractivity contribution in [2.75, 3.05) is 7.05 Å². The quantitative estimate of drug-likeness (QED) is 0.785. The monoisotopic (exact) mass is 197 g/mol. The smallest absolute Gasteiger partial charge is 0.159 e. The average molecular weight is 197 g/mol. The molecule has 1 rings (SSSR count). The van der Waals surface area contributed by atoms with Gasteiger partial charge in [0.15, 0.2) is 11.6 Å². The third kappa shape index (κ3) is 2.92. The van der Waals surface area contributed by atoms with Crippen LogP contribution in [0.1, 0.15) is 12.5 Å². The number of benzene rings is 1. The Kier molecular flexibility index (Phi) is 3.77. The fraction of sp³-hybridized carbons (Fsp3) is 0.273. The van der Waals surface area contributed by atoms with Gasteiger partial charge in [0.05, 0.1) is 0 Å². The van der Waals surface area contributed by atoms with E-state index >= 15 is 0 Å². The second-order valence-corrected chi connectivity index (χ2v) is 3.11. The molecule has 1 aromatic carbocycles. The summed E-state index contributed by atoms with van der Waals surface area (Å²) in [5.74, 6) is -1.63. The molecule has 0 saturated heterocycles. The minimum Gasteiger partial charge on any atom is -0.314 e. The molecule has 76 valence electrons. The Hall–Kier alpha value is -1.22. The van der Waals surface area contributed by atoms with Crippen molar-refractivity contribution in [1.82, 2.24) is 5.32 Å². The standard InChI is InChI=1S/C11H13F2N/c1-8(14-2)3-4-9-5-6-10(12)11(13)7-9/h3-8,14H,1-2H3/b4-3+. The molecule has 1 unspecified atom stereocenters. The summed E-state index contributed by atoms with van der Waals surface area (Å²) in [5, 5.41) is 3.01. The highest BCUT2D eigenvalue weighted by molar-refractivity contribution is 5.49. The summed E-state index contributed by atoms with van der Waals surface area (Å²) in [6.45, 7) is 1.97. The van der Waals surface area contributed by atoms with Gasteiger partial charge in [0.25, 0.3) is 0 Å². The third-order valence-corrected chi connectivity index (χ3v) is 1.98. The van der Waals surface area contributed by atoms with Crippen molar-refractivity contribution in [3.05, 3.63) is 41.5 Å². The lowest BCUT2D eigenvalue weighted by molar-refractivity contribution is 0.508. The van der Waals surface area contributed by atoms with Crippen LogP contribution >= 0.6 is 0 Å². The molecule has 0 aliphatic heterocycles. The van der Waals surface area contributed by atoms with Crippen LogP contribution in [0.5, 0.6) is 0 Å². The lowest BCUT2D eigenvalue weighted by atomic mass is 10.2. The first-order valence-electron chi connectivity index (χ1n) is 4.44. The Morgan fingerprint density at radius 3 is 2.57 bits per heavy atom. The van der Waals surface area contributed by atoms with E-state index in [2.05, 4.69) is 5.32 Å². The molecule has 0 amide bonds. The molecule has 0 aliphatic rings. The van der Waals surface area contributed by atoms with E-state index in [1.54, 1.807) is 6.08 Å². The summed E-state index contributed by atoms with van der Waals surface area (Å²) < 4.78 is 25.3. The topological polar surface area (TPSA) is 12.0 Å². The van der Waals surface area contributed by atoms with Gasteiger partial charge in [-0.2, -0.15) is 0 Å². The molecule has 0 heterocycles. The van der Waals surface area contributed by atoms with Gasteiger partial charge < -0.3 is 5.32 Å². The molecule has 1 atom stereocenters. The van der Waals surface area contributed by atoms with Crippen molar-refractivity contribution in [3.63, 3.8) is 0 Å². The molecule has 3 heteroatoms. The maximum absolute atomic E-state index is 12.8. The summed E-state index contributed by atoms with van der Waals surface area (Å²) >= 11 is 0. The van der Waals surface area contributed by atoms with E-state index in [-0.39, 0.29) is 6.04 Å². The number of nitrogens with one attached hydrogen (secondary N) is 1. The zero-order chi connectivity index (χ0) is 10.6. The number of likely N-dealkylation sites (N-methyl/N-ethyl adjacent to an activating group) is 1. The normalized spacial score (nSPS) is 13.4. The Morgan fingerprint density at radius 1 is 1.29 bits per heavy atom. The van der Waals surface area contributed by atoms with E-state index in [1.807, 2.05) is 20.0 Å². The van der Waals surface area contributed by atoms with Gasteiger partial charge in [0.1, 0.15) is 0 Å². The molecular weight excluding hydrogens is 184 g/mol. The number of halogens is 2. The molecule has 0 aliphatic carbocycles. The highest BCUT2D eigenvalue weighted by Crippen LogP contribution is 2.10. The SMILES string of the molecule is CNC(C)/C=C/c1ccc(F)c(F)c1. The molecule has 0 spiro atoms. The van der Waals surface area contributed by atoms with Crippen molar-refractivity contribution < 1.29 is 8.78 Å². The molecular formula is C11H13F2N. The molecule has 0 saturated carbocycles. The molecule has 0 radical (unpaired) electrons. The third-order valence-electron chi connectivity index (χ3n) is 1.98. The maximum atomic E-state index is 12.8. The Labute approximate surface area is 82.4 Å². The Morgan fingerprint density at radius 2 is 2.00 bits per heavy atom. The van der Waals surface area contributed by atoms with Gasteiger partial charge in [-0.15, -0.1) is 0 Å². The number of hydrogen-bond acceptors (Lipinski definition) is 1. The molecule has 0 aromatic heterocycles. The van der Waals surface area contributed by atoms with E-state index < -0.39 is 11.6 Å². The lowest BCUT2D eigenvalue weighted by Crippen LogP contribution is -2.17. The highest BCUT2D eigenvalue weighted by Gasteiger charge is 2.00. The summed E-state index contributed by atoms with van der Waals surface area (Å²) in [6, 6.07) is 4.05. The zero-order valence-electron chi connectivity index (χ0n) is 8.22. The van der Waals surface area contributed by atoms with E-state index in [9.17, 15) is 8.78 Å². The first-order valence-corrected chi connectivity index (χ1v) is 4.44. The van der Waals surface area contributed by atoms with Gasteiger partial charge >= 0.3 is 0 Å². The predicted molar refractivity (Wildman–Crippen MR) is 53.9 cm³/mol. The first-order chi connectivity index (χ1) is 6.63. The molecule has 1 N–H and O–H groups in total. The summed E-state index contributed by atoms with van der Waals surface area (Å²) in [4.78, 5) is 0. The van der Waals surface area contributed by atoms with E-state index in [4.69, 9.17) is 0 Å². The van der Waals surface area contributed by atoms with Crippen LogP contribution in [0.15, 0.2) is 24.3 Å². The number of hydrogen-bond donors (Lipinski definition) is 1. The summed E-state index contributed by atoms with van der Waals surface area (Å²) in [6.07, 6.45) is 3.64. The van der Waals surface area contributed by atoms with Gasteiger partial charge in [-0.05, 0) is 31.7 Å².